The van der Waals surface area contributed by atoms with Gasteiger partial charge in [0.1, 0.15) is 0 Å². The van der Waals surface area contributed by atoms with Crippen LogP contribution in [0.5, 0.6) is 0 Å². The highest BCUT2D eigenvalue weighted by Crippen LogP contribution is 2.22. The van der Waals surface area contributed by atoms with E-state index in [-0.39, 0.29) is 0 Å². The highest BCUT2D eigenvalue weighted by molar-refractivity contribution is 7.89. The molecule has 2 heterocycles. The van der Waals surface area contributed by atoms with Crippen LogP contribution < -0.4 is 5.32 Å². The van der Waals surface area contributed by atoms with Crippen LogP contribution in [0.2, 0.25) is 0 Å². The minimum atomic E-state index is -3.36. The summed E-state index contributed by atoms with van der Waals surface area (Å²) in [5.74, 6) is 0. The van der Waals surface area contributed by atoms with Gasteiger partial charge in [-0.1, -0.05) is 11.6 Å². The fraction of sp³-hybridized carbons (Fsp3) is 0.571. The molecular weight excluding hydrogens is 274 g/mol. The number of aromatic nitrogens is 1. The molecule has 1 aliphatic heterocycles. The lowest BCUT2D eigenvalue weighted by Crippen LogP contribution is -2.35. The molecule has 0 unspecified atom stereocenters. The molecule has 0 radical (unpaired) electrons. The second kappa shape index (κ2) is 5.35. The summed E-state index contributed by atoms with van der Waals surface area (Å²) in [4.78, 5) is 3.44. The molecule has 5 nitrogen and oxygen atoms in total. The zero-order chi connectivity index (χ0) is 14.2. The summed E-state index contributed by atoms with van der Waals surface area (Å²) in [5.41, 5.74) is 2.05. The molecule has 3 rings (SSSR count). The van der Waals surface area contributed by atoms with Crippen molar-refractivity contribution < 1.29 is 8.42 Å². The molecule has 0 amide bonds. The van der Waals surface area contributed by atoms with Crippen LogP contribution in [0, 0.1) is 0 Å². The molecule has 1 aromatic rings. The number of hydrogen-bond donors (Lipinski definition) is 2. The molecule has 1 aromatic heterocycles. The summed E-state index contributed by atoms with van der Waals surface area (Å²) in [6.45, 7) is 3.76. The van der Waals surface area contributed by atoms with Crippen LogP contribution in [-0.4, -0.2) is 36.8 Å². The molecule has 0 saturated heterocycles. The van der Waals surface area contributed by atoms with Gasteiger partial charge in [-0.05, 0) is 32.3 Å². The first kappa shape index (κ1) is 13.9. The van der Waals surface area contributed by atoms with Gasteiger partial charge < -0.3 is 10.3 Å². The molecule has 2 aliphatic rings. The Bertz CT molecular complexity index is 614. The van der Waals surface area contributed by atoms with Crippen LogP contribution in [0.25, 0.3) is 0 Å². The van der Waals surface area contributed by atoms with E-state index in [1.807, 2.05) is 6.92 Å². The number of rotatable bonds is 5. The van der Waals surface area contributed by atoms with Gasteiger partial charge in [0.15, 0.2) is 0 Å². The first-order valence-corrected chi connectivity index (χ1v) is 8.56. The van der Waals surface area contributed by atoms with Crippen molar-refractivity contribution in [1.82, 2.24) is 14.6 Å². The molecule has 0 bridgehead atoms. The number of hydrogen-bond acceptors (Lipinski definition) is 3. The molecule has 0 aromatic carbocycles. The normalized spacial score (nSPS) is 20.9. The van der Waals surface area contributed by atoms with Crippen molar-refractivity contribution in [2.45, 2.75) is 43.7 Å². The third-order valence-electron chi connectivity index (χ3n) is 3.81. The van der Waals surface area contributed by atoms with Crippen LogP contribution in [0.3, 0.4) is 0 Å². The molecule has 20 heavy (non-hydrogen) atoms. The van der Waals surface area contributed by atoms with Crippen molar-refractivity contribution in [2.24, 2.45) is 0 Å². The van der Waals surface area contributed by atoms with E-state index in [9.17, 15) is 8.42 Å². The lowest BCUT2D eigenvalue weighted by molar-refractivity contribution is 0.428. The predicted molar refractivity (Wildman–Crippen MR) is 77.8 cm³/mol. The van der Waals surface area contributed by atoms with E-state index in [2.05, 4.69) is 16.4 Å². The van der Waals surface area contributed by atoms with Gasteiger partial charge in [-0.2, -0.15) is 4.31 Å². The maximum absolute atomic E-state index is 12.6. The Morgan fingerprint density at radius 1 is 1.45 bits per heavy atom. The Hall–Kier alpha value is -1.11. The van der Waals surface area contributed by atoms with Crippen molar-refractivity contribution >= 4 is 10.0 Å². The second-order valence-electron chi connectivity index (χ2n) is 5.69. The smallest absolute Gasteiger partial charge is 0.244 e. The second-order valence-corrected chi connectivity index (χ2v) is 7.63. The van der Waals surface area contributed by atoms with Gasteiger partial charge in [0.25, 0.3) is 0 Å². The monoisotopic (exact) mass is 295 g/mol. The first-order valence-electron chi connectivity index (χ1n) is 7.12. The number of H-pyrrole nitrogens is 1. The predicted octanol–water partition coefficient (Wildman–Crippen LogP) is 1.61. The Morgan fingerprint density at radius 3 is 2.95 bits per heavy atom. The van der Waals surface area contributed by atoms with Gasteiger partial charge in [0, 0.05) is 37.6 Å². The van der Waals surface area contributed by atoms with Crippen LogP contribution >= 0.6 is 0 Å². The van der Waals surface area contributed by atoms with Crippen molar-refractivity contribution in [3.05, 3.63) is 29.6 Å². The molecule has 0 spiro atoms. The third-order valence-corrected chi connectivity index (χ3v) is 5.63. The molecule has 6 heteroatoms. The van der Waals surface area contributed by atoms with E-state index in [0.29, 0.717) is 30.6 Å². The van der Waals surface area contributed by atoms with E-state index >= 15 is 0 Å². The summed E-state index contributed by atoms with van der Waals surface area (Å²) in [5, 5.41) is 3.38. The SMILES string of the molecule is CC1=CCCN(S(=O)(=O)c2c[nH]c(CNC3CC3)c2)C1. The molecule has 1 aliphatic carbocycles. The summed E-state index contributed by atoms with van der Waals surface area (Å²) >= 11 is 0. The minimum absolute atomic E-state index is 0.375. The number of nitrogens with zero attached hydrogens (tertiary/aromatic N) is 1. The summed E-state index contributed by atoms with van der Waals surface area (Å²) < 4.78 is 26.7. The van der Waals surface area contributed by atoms with Crippen molar-refractivity contribution in [3.8, 4) is 0 Å². The lowest BCUT2D eigenvalue weighted by atomic mass is 10.2. The number of aromatic amines is 1. The molecule has 110 valence electrons. The molecule has 1 saturated carbocycles. The van der Waals surface area contributed by atoms with E-state index in [1.54, 1.807) is 16.6 Å². The zero-order valence-corrected chi connectivity index (χ0v) is 12.5. The topological polar surface area (TPSA) is 65.2 Å². The Labute approximate surface area is 120 Å². The lowest BCUT2D eigenvalue weighted by Gasteiger charge is -2.24. The fourth-order valence-electron chi connectivity index (χ4n) is 2.44. The van der Waals surface area contributed by atoms with E-state index < -0.39 is 10.0 Å². The molecular formula is C14H21N3O2S. The minimum Gasteiger partial charge on any atom is -0.363 e. The van der Waals surface area contributed by atoms with Gasteiger partial charge in [0.05, 0.1) is 4.90 Å². The Kier molecular flexibility index (Phi) is 3.70. The van der Waals surface area contributed by atoms with Crippen molar-refractivity contribution in [3.63, 3.8) is 0 Å². The highest BCUT2D eigenvalue weighted by atomic mass is 32.2. The third kappa shape index (κ3) is 2.97. The highest BCUT2D eigenvalue weighted by Gasteiger charge is 2.27. The number of nitrogens with one attached hydrogen (secondary N) is 2. The molecule has 0 atom stereocenters. The Balaban J connectivity index is 1.71. The standard InChI is InChI=1S/C14H21N3O2S/c1-11-3-2-6-17(10-11)20(18,19)14-7-13(16-9-14)8-15-12-4-5-12/h3,7,9,12,15-16H,2,4-6,8,10H2,1H3. The van der Waals surface area contributed by atoms with Gasteiger partial charge in [-0.15, -0.1) is 0 Å². The largest absolute Gasteiger partial charge is 0.363 e. The summed E-state index contributed by atoms with van der Waals surface area (Å²) in [7, 11) is -3.36. The van der Waals surface area contributed by atoms with E-state index in [4.69, 9.17) is 0 Å². The first-order chi connectivity index (χ1) is 9.55. The fourth-order valence-corrected chi connectivity index (χ4v) is 3.96. The van der Waals surface area contributed by atoms with Crippen molar-refractivity contribution in [1.29, 1.82) is 0 Å². The van der Waals surface area contributed by atoms with E-state index in [1.165, 1.54) is 12.8 Å². The average molecular weight is 295 g/mol. The average Bonchev–Trinajstić information content (AvgIpc) is 3.12. The van der Waals surface area contributed by atoms with E-state index in [0.717, 1.165) is 17.7 Å². The molecule has 1 fully saturated rings. The summed E-state index contributed by atoms with van der Waals surface area (Å²) in [6.07, 6.45) is 6.96. The van der Waals surface area contributed by atoms with Crippen LogP contribution in [0.15, 0.2) is 28.8 Å². The summed E-state index contributed by atoms with van der Waals surface area (Å²) in [6, 6.07) is 2.37. The van der Waals surface area contributed by atoms with Crippen molar-refractivity contribution in [2.75, 3.05) is 13.1 Å². The van der Waals surface area contributed by atoms with Gasteiger partial charge >= 0.3 is 0 Å². The zero-order valence-electron chi connectivity index (χ0n) is 11.7. The quantitative estimate of drug-likeness (QED) is 0.811. The number of sulfonamides is 1. The van der Waals surface area contributed by atoms with Crippen LogP contribution in [-0.2, 0) is 16.6 Å². The van der Waals surface area contributed by atoms with Gasteiger partial charge in [-0.25, -0.2) is 8.42 Å². The van der Waals surface area contributed by atoms with Crippen LogP contribution in [0.4, 0.5) is 0 Å². The van der Waals surface area contributed by atoms with Crippen LogP contribution in [0.1, 0.15) is 31.9 Å². The Morgan fingerprint density at radius 2 is 2.25 bits per heavy atom. The van der Waals surface area contributed by atoms with Gasteiger partial charge in [-0.3, -0.25) is 0 Å². The maximum Gasteiger partial charge on any atom is 0.244 e. The maximum atomic E-state index is 12.6. The molecule has 2 N–H and O–H groups in total. The van der Waals surface area contributed by atoms with Gasteiger partial charge in [0.2, 0.25) is 10.0 Å².